The largest absolute Gasteiger partial charge is 0.458 e. The Morgan fingerprint density at radius 3 is 1.64 bits per heavy atom. The molecule has 0 unspecified atom stereocenters. The zero-order valence-electron chi connectivity index (χ0n) is 44.1. The third kappa shape index (κ3) is 8.80. The van der Waals surface area contributed by atoms with Crippen LogP contribution < -0.4 is 9.30 Å². The fourth-order valence-corrected chi connectivity index (χ4v) is 12.1. The fourth-order valence-electron chi connectivity index (χ4n) is 12.1. The van der Waals surface area contributed by atoms with Crippen molar-refractivity contribution in [3.8, 4) is 50.9 Å². The fraction of sp³-hybridized carbons (Fsp3) is 0.167. The Morgan fingerprint density at radius 1 is 0.442 bits per heavy atom. The number of para-hydroxylation sites is 4. The summed E-state index contributed by atoms with van der Waals surface area (Å²) in [5.41, 5.74) is 23.6. The molecule has 0 spiro atoms. The van der Waals surface area contributed by atoms with Crippen molar-refractivity contribution in [3.05, 3.63) is 269 Å². The molecule has 374 valence electrons. The van der Waals surface area contributed by atoms with E-state index < -0.39 is 0 Å². The van der Waals surface area contributed by atoms with Gasteiger partial charge in [0.05, 0.1) is 33.4 Å². The second-order valence-electron chi connectivity index (χ2n) is 22.4. The summed E-state index contributed by atoms with van der Waals surface area (Å²) in [6.07, 6.45) is 13.8. The highest BCUT2D eigenvalue weighted by atomic mass is 16.5. The van der Waals surface area contributed by atoms with Gasteiger partial charge in [0.15, 0.2) is 0 Å². The molecule has 77 heavy (non-hydrogen) atoms. The monoisotopic (exact) mass is 996 g/mol. The highest BCUT2D eigenvalue weighted by molar-refractivity contribution is 6.09. The second kappa shape index (κ2) is 19.1. The van der Waals surface area contributed by atoms with Gasteiger partial charge in [-0.25, -0.2) is 4.98 Å². The lowest BCUT2D eigenvalue weighted by Crippen LogP contribution is -2.31. The molecule has 8 aliphatic carbocycles. The van der Waals surface area contributed by atoms with E-state index in [1.165, 1.54) is 77.7 Å². The number of hydrogen-bond acceptors (Lipinski definition) is 2. The van der Waals surface area contributed by atoms with Gasteiger partial charge < -0.3 is 4.74 Å². The number of aromatic nitrogens is 4. The summed E-state index contributed by atoms with van der Waals surface area (Å²) < 4.78 is 13.7. The van der Waals surface area contributed by atoms with Gasteiger partial charge in [-0.3, -0.25) is 13.7 Å². The van der Waals surface area contributed by atoms with Crippen molar-refractivity contribution in [2.45, 2.75) is 77.6 Å². The van der Waals surface area contributed by atoms with Crippen LogP contribution in [0.4, 0.5) is 0 Å². The van der Waals surface area contributed by atoms with Crippen LogP contribution in [0.3, 0.4) is 0 Å². The van der Waals surface area contributed by atoms with Gasteiger partial charge in [-0.1, -0.05) is 172 Å². The Balaban J connectivity index is 0.914. The summed E-state index contributed by atoms with van der Waals surface area (Å²) in [5, 5.41) is 2.33. The minimum Gasteiger partial charge on any atom is -0.458 e. The highest BCUT2D eigenvalue weighted by Gasteiger charge is 2.24. The Hall–Kier alpha value is -8.80. The second-order valence-corrected chi connectivity index (χ2v) is 22.4. The summed E-state index contributed by atoms with van der Waals surface area (Å²) in [6.45, 7) is 6.74. The lowest BCUT2D eigenvalue weighted by Gasteiger charge is -2.22. The number of imidazole rings is 1. The zero-order valence-corrected chi connectivity index (χ0v) is 44.1. The van der Waals surface area contributed by atoms with Gasteiger partial charge in [-0.05, 0) is 178 Å². The van der Waals surface area contributed by atoms with Gasteiger partial charge in [0.2, 0.25) is 0 Å². The summed E-state index contributed by atoms with van der Waals surface area (Å²) in [7, 11) is 0. The van der Waals surface area contributed by atoms with E-state index in [0.717, 1.165) is 108 Å². The smallest absolute Gasteiger partial charge is 0.269 e. The van der Waals surface area contributed by atoms with Gasteiger partial charge in [0.25, 0.3) is 6.33 Å². The van der Waals surface area contributed by atoms with E-state index in [1.54, 1.807) is 0 Å². The standard InChI is InChI=1S/C72H60N4O/c1-72(2,3)56-40-41-73-70(44-56)76-66-15-5-4-12-60(66)61-39-38-59(46-69(61)76)77-58-11-8-10-57(45-58)74-47-75(68-17-7-6-16-67(68)74)71-62(64-42-52-28-26-48-18-22-50(23-19-48)30-34-54(64)36-32-52)13-9-14-63(71)65-43-53-29-27-49-20-24-51(25-21-49)31-35-55(65)37-33-53/h4-25,32-33,36-46H,26-31,34-35H2,1-3H3. The van der Waals surface area contributed by atoms with Gasteiger partial charge in [0.1, 0.15) is 17.3 Å². The summed E-state index contributed by atoms with van der Waals surface area (Å²) >= 11 is 0. The molecule has 0 radical (unpaired) electrons. The molecule has 0 atom stereocenters. The molecule has 0 fully saturated rings. The van der Waals surface area contributed by atoms with E-state index in [1.807, 2.05) is 12.3 Å². The molecule has 0 amide bonds. The number of nitrogens with zero attached hydrogens (tertiary/aromatic N) is 4. The molecule has 0 aliphatic heterocycles. The normalized spacial score (nSPS) is 13.5. The summed E-state index contributed by atoms with van der Waals surface area (Å²) in [4.78, 5) is 4.93. The van der Waals surface area contributed by atoms with Crippen molar-refractivity contribution in [1.82, 2.24) is 14.1 Å². The van der Waals surface area contributed by atoms with Crippen LogP contribution in [-0.2, 0) is 56.8 Å². The SMILES string of the molecule is CC(C)(C)c1ccnc(-n2c3ccccc3c3ccc(Oc4cccc(-n5[c-][n+](-c6c(-c7cc8ccc7CCc7ccc(cc7)CC8)cccc6-c6cc7ccc6CCc6ccc(cc6)CC7)c6ccccc65)c4)cc32)c1. The maximum atomic E-state index is 6.89. The van der Waals surface area contributed by atoms with E-state index in [0.29, 0.717) is 0 Å². The molecular formula is C72H60N4O. The van der Waals surface area contributed by atoms with Crippen LogP contribution in [0.2, 0.25) is 0 Å². The Kier molecular flexibility index (Phi) is 11.6. The number of benzene rings is 9. The molecule has 8 aliphatic rings. The third-order valence-electron chi connectivity index (χ3n) is 16.4. The number of aryl methyl sites for hydroxylation is 8. The predicted molar refractivity (Wildman–Crippen MR) is 314 cm³/mol. The van der Waals surface area contributed by atoms with E-state index >= 15 is 0 Å². The molecule has 3 aromatic heterocycles. The molecule has 5 heteroatoms. The predicted octanol–water partition coefficient (Wildman–Crippen LogP) is 16.4. The van der Waals surface area contributed by atoms with Gasteiger partial charge in [0, 0.05) is 23.0 Å². The van der Waals surface area contributed by atoms with Crippen molar-refractivity contribution in [2.24, 2.45) is 0 Å². The van der Waals surface area contributed by atoms with Crippen molar-refractivity contribution >= 4 is 32.8 Å². The molecule has 5 nitrogen and oxygen atoms in total. The van der Waals surface area contributed by atoms with E-state index in [9.17, 15) is 0 Å². The van der Waals surface area contributed by atoms with Gasteiger partial charge in [-0.2, -0.15) is 0 Å². The zero-order chi connectivity index (χ0) is 51.6. The van der Waals surface area contributed by atoms with E-state index in [2.05, 4.69) is 241 Å². The quantitative estimate of drug-likeness (QED) is 0.118. The minimum absolute atomic E-state index is 0.0222. The first-order valence-corrected chi connectivity index (χ1v) is 27.5. The number of hydrogen-bond donors (Lipinski definition) is 0. The van der Waals surface area contributed by atoms with Crippen molar-refractivity contribution in [3.63, 3.8) is 0 Å². The van der Waals surface area contributed by atoms with Gasteiger partial charge in [-0.15, -0.1) is 0 Å². The number of rotatable bonds is 7. The summed E-state index contributed by atoms with van der Waals surface area (Å²) in [6, 6.07) is 76.8. The van der Waals surface area contributed by atoms with E-state index in [-0.39, 0.29) is 5.41 Å². The van der Waals surface area contributed by atoms with Crippen molar-refractivity contribution < 1.29 is 9.30 Å². The topological polar surface area (TPSA) is 35.9 Å². The first kappa shape index (κ1) is 46.7. The highest BCUT2D eigenvalue weighted by Crippen LogP contribution is 2.41. The maximum absolute atomic E-state index is 6.89. The third-order valence-corrected chi connectivity index (χ3v) is 16.4. The van der Waals surface area contributed by atoms with Crippen LogP contribution in [0, 0.1) is 6.33 Å². The van der Waals surface area contributed by atoms with Crippen LogP contribution in [0.15, 0.2) is 212 Å². The van der Waals surface area contributed by atoms with Gasteiger partial charge >= 0.3 is 0 Å². The van der Waals surface area contributed by atoms with Crippen LogP contribution in [-0.4, -0.2) is 14.1 Å². The molecular weight excluding hydrogens is 937 g/mol. The molecule has 0 N–H and O–H groups in total. The van der Waals surface area contributed by atoms with Crippen LogP contribution >= 0.6 is 0 Å². The first-order chi connectivity index (χ1) is 37.7. The van der Waals surface area contributed by atoms with Crippen LogP contribution in [0.5, 0.6) is 11.5 Å². The molecule has 12 aromatic rings. The van der Waals surface area contributed by atoms with E-state index in [4.69, 9.17) is 9.72 Å². The summed E-state index contributed by atoms with van der Waals surface area (Å²) in [5.74, 6) is 2.38. The average Bonchev–Trinajstić information content (AvgIpc) is 4.01. The maximum Gasteiger partial charge on any atom is 0.269 e. The Bertz CT molecular complexity index is 4100. The molecule has 20 rings (SSSR count). The Labute approximate surface area is 451 Å². The number of ether oxygens (including phenoxy) is 1. The van der Waals surface area contributed by atoms with Crippen LogP contribution in [0.1, 0.15) is 70.8 Å². The number of fused-ring (bicyclic) bond motifs is 4. The van der Waals surface area contributed by atoms with Crippen molar-refractivity contribution in [2.75, 3.05) is 0 Å². The minimum atomic E-state index is -0.0222. The van der Waals surface area contributed by atoms with Crippen LogP contribution in [0.25, 0.3) is 72.3 Å². The lowest BCUT2D eigenvalue weighted by atomic mass is 9.86. The number of pyridine rings is 1. The molecule has 0 saturated heterocycles. The molecule has 0 saturated carbocycles. The lowest BCUT2D eigenvalue weighted by molar-refractivity contribution is -0.571. The molecule has 8 bridgehead atoms. The Morgan fingerprint density at radius 2 is 0.987 bits per heavy atom. The molecule has 9 aromatic carbocycles. The van der Waals surface area contributed by atoms with Crippen molar-refractivity contribution in [1.29, 1.82) is 0 Å². The first-order valence-electron chi connectivity index (χ1n) is 27.5. The average molecular weight is 997 g/mol. The molecule has 3 heterocycles.